The summed E-state index contributed by atoms with van der Waals surface area (Å²) in [6, 6.07) is 16.0. The number of benzene rings is 2. The van der Waals surface area contributed by atoms with Gasteiger partial charge in [-0.2, -0.15) is 0 Å². The minimum absolute atomic E-state index is 0.0370. The lowest BCUT2D eigenvalue weighted by atomic mass is 9.94. The molecule has 0 aliphatic heterocycles. The van der Waals surface area contributed by atoms with Crippen LogP contribution in [0.1, 0.15) is 75.8 Å². The fraction of sp³-hybridized carbons (Fsp3) is 0.423. The van der Waals surface area contributed by atoms with E-state index < -0.39 is 0 Å². The number of carbonyl (C=O) groups is 1. The molecule has 3 aromatic rings. The van der Waals surface area contributed by atoms with Crippen LogP contribution in [0.3, 0.4) is 0 Å². The summed E-state index contributed by atoms with van der Waals surface area (Å²) in [4.78, 5) is 12.1. The molecule has 0 aliphatic rings. The zero-order chi connectivity index (χ0) is 23.3. The molecule has 0 aliphatic carbocycles. The van der Waals surface area contributed by atoms with Crippen LogP contribution in [0.15, 0.2) is 52.9 Å². The van der Waals surface area contributed by atoms with Gasteiger partial charge in [-0.05, 0) is 54.3 Å². The van der Waals surface area contributed by atoms with E-state index in [1.807, 2.05) is 43.3 Å². The number of hydrogen-bond acceptors (Lipinski definition) is 5. The predicted molar refractivity (Wildman–Crippen MR) is 129 cm³/mol. The molecule has 1 unspecified atom stereocenters. The molecular formula is C26H34N4O2. The number of nitrogens with zero attached hydrogens (tertiary/aromatic N) is 2. The van der Waals surface area contributed by atoms with Gasteiger partial charge in [0.15, 0.2) is 0 Å². The number of anilines is 1. The first kappa shape index (κ1) is 23.5. The maximum absolute atomic E-state index is 12.1. The minimum Gasteiger partial charge on any atom is -0.420 e. The molecule has 1 amide bonds. The Morgan fingerprint density at radius 1 is 1.00 bits per heavy atom. The summed E-state index contributed by atoms with van der Waals surface area (Å²) in [5.41, 5.74) is 3.55. The maximum atomic E-state index is 12.1. The van der Waals surface area contributed by atoms with Crippen LogP contribution < -0.4 is 10.6 Å². The second kappa shape index (κ2) is 9.98. The molecule has 0 fully saturated rings. The van der Waals surface area contributed by atoms with Crippen molar-refractivity contribution in [1.82, 2.24) is 15.5 Å². The second-order valence-electron chi connectivity index (χ2n) is 9.48. The number of hydrogen-bond donors (Lipinski definition) is 2. The molecule has 1 aromatic heterocycles. The fourth-order valence-corrected chi connectivity index (χ4v) is 3.35. The van der Waals surface area contributed by atoms with Gasteiger partial charge in [0.05, 0.1) is 6.04 Å². The Bertz CT molecular complexity index is 1020. The summed E-state index contributed by atoms with van der Waals surface area (Å²) in [6.07, 6.45) is 0.921. The van der Waals surface area contributed by atoms with E-state index >= 15 is 0 Å². The SMILES string of the molecule is CCCNC(=O)c1ccc(NC(c2ccc(-c3nnc(C(C)(C)C)o3)cc2)C(C)C)cc1. The molecule has 2 aromatic carbocycles. The smallest absolute Gasteiger partial charge is 0.251 e. The molecule has 170 valence electrons. The summed E-state index contributed by atoms with van der Waals surface area (Å²) < 4.78 is 5.86. The summed E-state index contributed by atoms with van der Waals surface area (Å²) >= 11 is 0. The molecule has 0 radical (unpaired) electrons. The Kier molecular flexibility index (Phi) is 7.33. The average molecular weight is 435 g/mol. The van der Waals surface area contributed by atoms with Crippen molar-refractivity contribution in [2.24, 2.45) is 5.92 Å². The van der Waals surface area contributed by atoms with Gasteiger partial charge in [-0.15, -0.1) is 10.2 Å². The highest BCUT2D eigenvalue weighted by atomic mass is 16.4. The Balaban J connectivity index is 1.73. The number of amides is 1. The predicted octanol–water partition coefficient (Wildman–Crippen LogP) is 5.98. The van der Waals surface area contributed by atoms with Crippen molar-refractivity contribution in [1.29, 1.82) is 0 Å². The molecule has 32 heavy (non-hydrogen) atoms. The highest BCUT2D eigenvalue weighted by Gasteiger charge is 2.22. The molecule has 6 nitrogen and oxygen atoms in total. The van der Waals surface area contributed by atoms with E-state index in [0.29, 0.717) is 29.8 Å². The highest BCUT2D eigenvalue weighted by Crippen LogP contribution is 2.30. The van der Waals surface area contributed by atoms with Crippen molar-refractivity contribution in [3.8, 4) is 11.5 Å². The molecule has 1 atom stereocenters. The highest BCUT2D eigenvalue weighted by molar-refractivity contribution is 5.94. The zero-order valence-corrected chi connectivity index (χ0v) is 19.9. The van der Waals surface area contributed by atoms with Crippen molar-refractivity contribution in [3.63, 3.8) is 0 Å². The number of aromatic nitrogens is 2. The van der Waals surface area contributed by atoms with Crippen molar-refractivity contribution < 1.29 is 9.21 Å². The Hall–Kier alpha value is -3.15. The zero-order valence-electron chi connectivity index (χ0n) is 19.9. The van der Waals surface area contributed by atoms with Crippen LogP contribution in [0.2, 0.25) is 0 Å². The van der Waals surface area contributed by atoms with Gasteiger partial charge in [0.25, 0.3) is 5.91 Å². The lowest BCUT2D eigenvalue weighted by Crippen LogP contribution is -2.23. The van der Waals surface area contributed by atoms with E-state index in [1.54, 1.807) is 0 Å². The van der Waals surface area contributed by atoms with Crippen molar-refractivity contribution in [2.75, 3.05) is 11.9 Å². The van der Waals surface area contributed by atoms with Crippen molar-refractivity contribution in [3.05, 3.63) is 65.5 Å². The van der Waals surface area contributed by atoms with E-state index in [9.17, 15) is 4.79 Å². The molecule has 1 heterocycles. The third-order valence-electron chi connectivity index (χ3n) is 5.25. The van der Waals surface area contributed by atoms with Crippen LogP contribution in [0.5, 0.6) is 0 Å². The topological polar surface area (TPSA) is 80.0 Å². The van der Waals surface area contributed by atoms with Gasteiger partial charge < -0.3 is 15.1 Å². The first-order chi connectivity index (χ1) is 15.2. The van der Waals surface area contributed by atoms with E-state index in [0.717, 1.165) is 17.7 Å². The lowest BCUT2D eigenvalue weighted by molar-refractivity contribution is 0.0953. The maximum Gasteiger partial charge on any atom is 0.251 e. The first-order valence-electron chi connectivity index (χ1n) is 11.3. The van der Waals surface area contributed by atoms with Gasteiger partial charge in [-0.3, -0.25) is 4.79 Å². The van der Waals surface area contributed by atoms with E-state index in [-0.39, 0.29) is 17.4 Å². The van der Waals surface area contributed by atoms with Crippen molar-refractivity contribution in [2.45, 2.75) is 59.4 Å². The van der Waals surface area contributed by atoms with Crippen LogP contribution in [0.4, 0.5) is 5.69 Å². The average Bonchev–Trinajstić information content (AvgIpc) is 3.27. The quantitative estimate of drug-likeness (QED) is 0.456. The Morgan fingerprint density at radius 3 is 2.19 bits per heavy atom. The fourth-order valence-electron chi connectivity index (χ4n) is 3.35. The summed E-state index contributed by atoms with van der Waals surface area (Å²) in [6.45, 7) is 13.3. The monoisotopic (exact) mass is 434 g/mol. The van der Waals surface area contributed by atoms with E-state index in [2.05, 4.69) is 67.6 Å². The van der Waals surface area contributed by atoms with E-state index in [4.69, 9.17) is 4.42 Å². The van der Waals surface area contributed by atoms with Gasteiger partial charge >= 0.3 is 0 Å². The second-order valence-corrected chi connectivity index (χ2v) is 9.48. The molecule has 6 heteroatoms. The van der Waals surface area contributed by atoms with Gasteiger partial charge in [0, 0.05) is 28.8 Å². The molecular weight excluding hydrogens is 400 g/mol. The van der Waals surface area contributed by atoms with Gasteiger partial charge in [-0.1, -0.05) is 53.7 Å². The minimum atomic E-state index is -0.177. The van der Waals surface area contributed by atoms with Crippen LogP contribution >= 0.6 is 0 Å². The molecule has 0 saturated carbocycles. The van der Waals surface area contributed by atoms with Gasteiger partial charge in [0.1, 0.15) is 0 Å². The first-order valence-corrected chi connectivity index (χ1v) is 11.3. The Labute approximate surface area is 190 Å². The molecule has 0 saturated heterocycles. The number of rotatable bonds is 8. The summed E-state index contributed by atoms with van der Waals surface area (Å²) in [7, 11) is 0. The molecule has 0 bridgehead atoms. The lowest BCUT2D eigenvalue weighted by Gasteiger charge is -2.24. The van der Waals surface area contributed by atoms with Gasteiger partial charge in [-0.25, -0.2) is 0 Å². The molecule has 0 spiro atoms. The standard InChI is InChI=1S/C26H34N4O2/c1-7-16-27-23(31)19-12-14-21(15-13-19)28-22(17(2)3)18-8-10-20(11-9-18)24-29-30-25(32-24)26(4,5)6/h8-15,17,22,28H,7,16H2,1-6H3,(H,27,31). The third-order valence-corrected chi connectivity index (χ3v) is 5.25. The molecule has 2 N–H and O–H groups in total. The van der Waals surface area contributed by atoms with E-state index in [1.165, 1.54) is 5.56 Å². The summed E-state index contributed by atoms with van der Waals surface area (Å²) in [5, 5.41) is 14.9. The van der Waals surface area contributed by atoms with Crippen LogP contribution in [0.25, 0.3) is 11.5 Å². The third kappa shape index (κ3) is 5.75. The normalized spacial score (nSPS) is 12.6. The summed E-state index contributed by atoms with van der Waals surface area (Å²) in [5.74, 6) is 1.49. The molecule has 3 rings (SSSR count). The van der Waals surface area contributed by atoms with Crippen LogP contribution in [0, 0.1) is 5.92 Å². The van der Waals surface area contributed by atoms with Crippen molar-refractivity contribution >= 4 is 11.6 Å². The van der Waals surface area contributed by atoms with Crippen LogP contribution in [-0.2, 0) is 5.41 Å². The number of carbonyl (C=O) groups excluding carboxylic acids is 1. The number of nitrogens with one attached hydrogen (secondary N) is 2. The largest absolute Gasteiger partial charge is 0.420 e. The van der Waals surface area contributed by atoms with Gasteiger partial charge in [0.2, 0.25) is 11.8 Å². The Morgan fingerprint density at radius 2 is 1.66 bits per heavy atom. The van der Waals surface area contributed by atoms with Crippen LogP contribution in [-0.4, -0.2) is 22.6 Å².